The molecule has 1 saturated carbocycles. The molecule has 7 nitrogen and oxygen atoms in total. The number of carbonyl (C=O) groups excluding carboxylic acids is 2. The minimum absolute atomic E-state index is 0.103. The van der Waals surface area contributed by atoms with Crippen molar-refractivity contribution in [2.24, 2.45) is 0 Å². The van der Waals surface area contributed by atoms with Gasteiger partial charge >= 0.3 is 0 Å². The first-order chi connectivity index (χ1) is 16.5. The number of sulfonamides is 1. The second kappa shape index (κ2) is 11.8. The Morgan fingerprint density at radius 2 is 1.86 bits per heavy atom. The Kier molecular flexibility index (Phi) is 9.23. The minimum atomic E-state index is -3.77. The maximum absolute atomic E-state index is 13.6. The third-order valence-electron chi connectivity index (χ3n) is 6.22. The summed E-state index contributed by atoms with van der Waals surface area (Å²) >= 11 is 9.56. The van der Waals surface area contributed by atoms with Gasteiger partial charge < -0.3 is 10.2 Å². The second-order valence-electron chi connectivity index (χ2n) is 9.02. The third-order valence-corrected chi connectivity index (χ3v) is 8.48. The van der Waals surface area contributed by atoms with Crippen molar-refractivity contribution in [2.45, 2.75) is 58.2 Å². The molecule has 0 spiro atoms. The van der Waals surface area contributed by atoms with E-state index >= 15 is 0 Å². The number of carbonyl (C=O) groups is 2. The Bertz CT molecular complexity index is 1180. The number of benzene rings is 2. The van der Waals surface area contributed by atoms with Crippen molar-refractivity contribution in [3.63, 3.8) is 0 Å². The molecule has 1 aliphatic rings. The van der Waals surface area contributed by atoms with Crippen molar-refractivity contribution in [1.29, 1.82) is 0 Å². The average Bonchev–Trinajstić information content (AvgIpc) is 3.29. The van der Waals surface area contributed by atoms with E-state index in [1.807, 2.05) is 13.0 Å². The first kappa shape index (κ1) is 27.5. The van der Waals surface area contributed by atoms with E-state index in [-0.39, 0.29) is 18.5 Å². The number of nitrogens with zero attached hydrogens (tertiary/aromatic N) is 2. The molecule has 2 aromatic carbocycles. The van der Waals surface area contributed by atoms with Crippen LogP contribution < -0.4 is 9.62 Å². The van der Waals surface area contributed by atoms with Gasteiger partial charge in [0.15, 0.2) is 0 Å². The fourth-order valence-electron chi connectivity index (χ4n) is 4.20. The molecule has 10 heteroatoms. The van der Waals surface area contributed by atoms with Crippen LogP contribution in [-0.4, -0.2) is 50.0 Å². The highest BCUT2D eigenvalue weighted by molar-refractivity contribution is 9.10. The molecule has 0 bridgehead atoms. The zero-order valence-electron chi connectivity index (χ0n) is 20.1. The topological polar surface area (TPSA) is 86.8 Å². The summed E-state index contributed by atoms with van der Waals surface area (Å²) in [5.41, 5.74) is 1.97. The van der Waals surface area contributed by atoms with Gasteiger partial charge in [-0.15, -0.1) is 0 Å². The van der Waals surface area contributed by atoms with Gasteiger partial charge in [0.1, 0.15) is 12.6 Å². The van der Waals surface area contributed by atoms with Gasteiger partial charge in [-0.1, -0.05) is 52.5 Å². The second-order valence-corrected chi connectivity index (χ2v) is 12.2. The van der Waals surface area contributed by atoms with Crippen molar-refractivity contribution in [3.05, 3.63) is 63.1 Å². The van der Waals surface area contributed by atoms with Crippen LogP contribution in [0.1, 0.15) is 43.7 Å². The quantitative estimate of drug-likeness (QED) is 0.465. The minimum Gasteiger partial charge on any atom is -0.352 e. The standard InChI is InChI=1S/C25H31BrClN3O4S/c1-17-13-22(11-12-23(17)26)30(35(3,33)34)16-24(31)29(15-19-7-6-8-20(27)14-19)18(2)25(32)28-21-9-4-5-10-21/h6-8,11-14,18,21H,4-5,9-10,15-16H2,1-3H3,(H,28,32)/t18-/m0/s1. The highest BCUT2D eigenvalue weighted by atomic mass is 79.9. The van der Waals surface area contributed by atoms with Crippen molar-refractivity contribution >= 4 is 55.1 Å². The lowest BCUT2D eigenvalue weighted by Gasteiger charge is -2.32. The first-order valence-electron chi connectivity index (χ1n) is 11.5. The van der Waals surface area contributed by atoms with Crippen LogP contribution in [0.2, 0.25) is 5.02 Å². The summed E-state index contributed by atoms with van der Waals surface area (Å²) in [5, 5.41) is 3.56. The van der Waals surface area contributed by atoms with Gasteiger partial charge in [-0.3, -0.25) is 13.9 Å². The maximum Gasteiger partial charge on any atom is 0.244 e. The lowest BCUT2D eigenvalue weighted by Crippen LogP contribution is -2.52. The van der Waals surface area contributed by atoms with Crippen LogP contribution >= 0.6 is 27.5 Å². The highest BCUT2D eigenvalue weighted by Crippen LogP contribution is 2.25. The average molecular weight is 585 g/mol. The summed E-state index contributed by atoms with van der Waals surface area (Å²) in [6.07, 6.45) is 5.05. The molecule has 1 aliphatic carbocycles. The highest BCUT2D eigenvalue weighted by Gasteiger charge is 2.31. The van der Waals surface area contributed by atoms with E-state index in [4.69, 9.17) is 11.6 Å². The summed E-state index contributed by atoms with van der Waals surface area (Å²) < 4.78 is 27.2. The van der Waals surface area contributed by atoms with Gasteiger partial charge in [0.05, 0.1) is 11.9 Å². The fraction of sp³-hybridized carbons (Fsp3) is 0.440. The molecule has 2 amide bonds. The van der Waals surface area contributed by atoms with Crippen LogP contribution in [-0.2, 0) is 26.2 Å². The zero-order valence-corrected chi connectivity index (χ0v) is 23.3. The summed E-state index contributed by atoms with van der Waals surface area (Å²) in [6.45, 7) is 3.20. The third kappa shape index (κ3) is 7.44. The predicted molar refractivity (Wildman–Crippen MR) is 143 cm³/mol. The van der Waals surface area contributed by atoms with Crippen molar-refractivity contribution < 1.29 is 18.0 Å². The monoisotopic (exact) mass is 583 g/mol. The molecule has 0 heterocycles. The number of hydrogen-bond donors (Lipinski definition) is 1. The number of anilines is 1. The summed E-state index contributed by atoms with van der Waals surface area (Å²) in [6, 6.07) is 11.5. The van der Waals surface area contributed by atoms with Crippen molar-refractivity contribution in [3.8, 4) is 0 Å². The predicted octanol–water partition coefficient (Wildman–Crippen LogP) is 4.65. The van der Waals surface area contributed by atoms with Crippen LogP contribution in [0.5, 0.6) is 0 Å². The van der Waals surface area contributed by atoms with Gasteiger partial charge in [0, 0.05) is 22.1 Å². The SMILES string of the molecule is Cc1cc(N(CC(=O)N(Cc2cccc(Cl)c2)[C@@H](C)C(=O)NC2CCCC2)S(C)(=O)=O)ccc1Br. The number of amides is 2. The summed E-state index contributed by atoms with van der Waals surface area (Å²) in [7, 11) is -3.77. The number of hydrogen-bond acceptors (Lipinski definition) is 4. The lowest BCUT2D eigenvalue weighted by atomic mass is 10.1. The number of nitrogens with one attached hydrogen (secondary N) is 1. The largest absolute Gasteiger partial charge is 0.352 e. The summed E-state index contributed by atoms with van der Waals surface area (Å²) in [5.74, 6) is -0.734. The van der Waals surface area contributed by atoms with Crippen LogP contribution in [0.4, 0.5) is 5.69 Å². The van der Waals surface area contributed by atoms with Gasteiger partial charge in [-0.25, -0.2) is 8.42 Å². The molecule has 2 aromatic rings. The molecule has 3 rings (SSSR count). The van der Waals surface area contributed by atoms with Gasteiger partial charge in [-0.2, -0.15) is 0 Å². The number of aryl methyl sites for hydroxylation is 1. The van der Waals surface area contributed by atoms with E-state index in [0.29, 0.717) is 10.7 Å². The van der Waals surface area contributed by atoms with E-state index < -0.39 is 28.5 Å². The van der Waals surface area contributed by atoms with E-state index in [0.717, 1.165) is 51.8 Å². The molecule has 0 radical (unpaired) electrons. The molecule has 35 heavy (non-hydrogen) atoms. The zero-order chi connectivity index (χ0) is 25.8. The van der Waals surface area contributed by atoms with E-state index in [1.54, 1.807) is 43.3 Å². The van der Waals surface area contributed by atoms with Gasteiger partial charge in [0.2, 0.25) is 21.8 Å². The van der Waals surface area contributed by atoms with Crippen LogP contribution in [0, 0.1) is 6.92 Å². The van der Waals surface area contributed by atoms with Crippen LogP contribution in [0.15, 0.2) is 46.9 Å². The van der Waals surface area contributed by atoms with E-state index in [1.165, 1.54) is 4.90 Å². The van der Waals surface area contributed by atoms with E-state index in [2.05, 4.69) is 21.2 Å². The Morgan fingerprint density at radius 1 is 1.17 bits per heavy atom. The van der Waals surface area contributed by atoms with E-state index in [9.17, 15) is 18.0 Å². The Hall–Kier alpha value is -2.10. The van der Waals surface area contributed by atoms with Gasteiger partial charge in [-0.05, 0) is 68.1 Å². The molecule has 0 aromatic heterocycles. The molecule has 1 atom stereocenters. The molecule has 0 aliphatic heterocycles. The molecule has 190 valence electrons. The van der Waals surface area contributed by atoms with Crippen molar-refractivity contribution in [1.82, 2.24) is 10.2 Å². The number of halogens is 2. The molecule has 1 fully saturated rings. The Labute approximate surface area is 221 Å². The molecular weight excluding hydrogens is 554 g/mol. The maximum atomic E-state index is 13.6. The van der Waals surface area contributed by atoms with Crippen LogP contribution in [0.3, 0.4) is 0 Å². The Morgan fingerprint density at radius 3 is 2.46 bits per heavy atom. The van der Waals surface area contributed by atoms with Crippen molar-refractivity contribution in [2.75, 3.05) is 17.1 Å². The van der Waals surface area contributed by atoms with Gasteiger partial charge in [0.25, 0.3) is 0 Å². The molecule has 0 unspecified atom stereocenters. The van der Waals surface area contributed by atoms with Crippen LogP contribution in [0.25, 0.3) is 0 Å². The fourth-order valence-corrected chi connectivity index (χ4v) is 5.51. The molecular formula is C25H31BrClN3O4S. The molecule has 0 saturated heterocycles. The normalized spacial score (nSPS) is 15.0. The smallest absolute Gasteiger partial charge is 0.244 e. The first-order valence-corrected chi connectivity index (χ1v) is 14.6. The number of rotatable bonds is 9. The Balaban J connectivity index is 1.89. The molecule has 1 N–H and O–H groups in total. The lowest BCUT2D eigenvalue weighted by molar-refractivity contribution is -0.139. The summed E-state index contributed by atoms with van der Waals surface area (Å²) in [4.78, 5) is 28.1.